The van der Waals surface area contributed by atoms with Crippen molar-refractivity contribution in [1.29, 1.82) is 0 Å². The smallest absolute Gasteiger partial charge is 0.326 e. The molecule has 17 heavy (non-hydrogen) atoms. The van der Waals surface area contributed by atoms with Gasteiger partial charge in [0, 0.05) is 20.1 Å². The Morgan fingerprint density at radius 2 is 1.82 bits per heavy atom. The van der Waals surface area contributed by atoms with Crippen LogP contribution in [0.1, 0.15) is 19.8 Å². The van der Waals surface area contributed by atoms with E-state index in [1.165, 1.54) is 7.11 Å². The molecule has 2 atom stereocenters. The molecule has 0 heterocycles. The van der Waals surface area contributed by atoms with Crippen molar-refractivity contribution in [2.75, 3.05) is 13.7 Å². The second-order valence-electron chi connectivity index (χ2n) is 3.82. The third-order valence-corrected chi connectivity index (χ3v) is 2.00. The predicted octanol–water partition coefficient (Wildman–Crippen LogP) is -0.297. The topological polar surface area (TPSA) is 113 Å². The molecule has 0 aromatic rings. The van der Waals surface area contributed by atoms with Crippen molar-refractivity contribution in [3.8, 4) is 0 Å². The maximum absolute atomic E-state index is 11.4. The highest BCUT2D eigenvalue weighted by molar-refractivity contribution is 5.86. The number of hydrogen-bond donors (Lipinski definition) is 3. The quantitative estimate of drug-likeness (QED) is 0.543. The minimum atomic E-state index is -1.39. The summed E-state index contributed by atoms with van der Waals surface area (Å²) in [6.07, 6.45) is -0.545. The van der Waals surface area contributed by atoms with Crippen LogP contribution in [0.3, 0.4) is 0 Å². The number of amides is 1. The van der Waals surface area contributed by atoms with E-state index < -0.39 is 30.3 Å². The van der Waals surface area contributed by atoms with Gasteiger partial charge in [0.25, 0.3) is 0 Å². The molecule has 0 fully saturated rings. The Kier molecular flexibility index (Phi) is 6.88. The Bertz CT molecular complexity index is 291. The van der Waals surface area contributed by atoms with Crippen LogP contribution in [0, 0.1) is 5.92 Å². The number of methoxy groups -OCH3 is 1. The molecule has 0 aromatic heterocycles. The van der Waals surface area contributed by atoms with E-state index in [9.17, 15) is 14.4 Å². The van der Waals surface area contributed by atoms with E-state index in [1.54, 1.807) is 6.92 Å². The maximum atomic E-state index is 11.4. The summed E-state index contributed by atoms with van der Waals surface area (Å²) in [5, 5.41) is 19.3. The molecule has 0 spiro atoms. The third-order valence-electron chi connectivity index (χ3n) is 2.00. The van der Waals surface area contributed by atoms with Crippen molar-refractivity contribution in [3.05, 3.63) is 0 Å². The molecule has 1 unspecified atom stereocenters. The van der Waals surface area contributed by atoms with Gasteiger partial charge in [-0.3, -0.25) is 9.59 Å². The van der Waals surface area contributed by atoms with Crippen LogP contribution in [0.2, 0.25) is 0 Å². The van der Waals surface area contributed by atoms with Crippen molar-refractivity contribution < 1.29 is 29.3 Å². The van der Waals surface area contributed by atoms with Crippen LogP contribution < -0.4 is 5.32 Å². The number of aliphatic carboxylic acids is 2. The Balaban J connectivity index is 4.21. The zero-order valence-corrected chi connectivity index (χ0v) is 9.80. The molecule has 3 N–H and O–H groups in total. The molecule has 98 valence electrons. The lowest BCUT2D eigenvalue weighted by Gasteiger charge is -2.14. The number of carbonyl (C=O) groups is 3. The Morgan fingerprint density at radius 1 is 1.24 bits per heavy atom. The van der Waals surface area contributed by atoms with Crippen LogP contribution in [0.25, 0.3) is 0 Å². The standard InChI is InChI=1S/C10H17NO6/c1-6(5-17-2)3-8(12)11-7(10(15)16)4-9(13)14/h6-7H,3-5H2,1-2H3,(H,11,12)(H,13,14)(H,15,16)/t6?,7-/m1/s1. The summed E-state index contributed by atoms with van der Waals surface area (Å²) in [6.45, 7) is 2.15. The van der Waals surface area contributed by atoms with Gasteiger partial charge >= 0.3 is 11.9 Å². The lowest BCUT2D eigenvalue weighted by atomic mass is 10.1. The van der Waals surface area contributed by atoms with E-state index in [0.29, 0.717) is 6.61 Å². The van der Waals surface area contributed by atoms with Gasteiger partial charge in [-0.2, -0.15) is 0 Å². The van der Waals surface area contributed by atoms with E-state index >= 15 is 0 Å². The Hall–Kier alpha value is -1.63. The summed E-state index contributed by atoms with van der Waals surface area (Å²) < 4.78 is 4.83. The maximum Gasteiger partial charge on any atom is 0.326 e. The van der Waals surface area contributed by atoms with Gasteiger partial charge in [0.1, 0.15) is 6.04 Å². The average Bonchev–Trinajstić information content (AvgIpc) is 2.15. The zero-order valence-electron chi connectivity index (χ0n) is 9.80. The molecule has 0 aliphatic rings. The molecule has 0 saturated carbocycles. The largest absolute Gasteiger partial charge is 0.481 e. The van der Waals surface area contributed by atoms with Crippen molar-refractivity contribution in [3.63, 3.8) is 0 Å². The van der Waals surface area contributed by atoms with Crippen LogP contribution in [0.4, 0.5) is 0 Å². The van der Waals surface area contributed by atoms with Gasteiger partial charge < -0.3 is 20.3 Å². The molecular weight excluding hydrogens is 230 g/mol. The zero-order chi connectivity index (χ0) is 13.4. The normalized spacial score (nSPS) is 13.8. The number of carbonyl (C=O) groups excluding carboxylic acids is 1. The van der Waals surface area contributed by atoms with Crippen molar-refractivity contribution in [1.82, 2.24) is 5.32 Å². The fourth-order valence-electron chi connectivity index (χ4n) is 1.29. The number of hydrogen-bond acceptors (Lipinski definition) is 4. The van der Waals surface area contributed by atoms with Gasteiger partial charge in [0.2, 0.25) is 5.91 Å². The molecule has 0 bridgehead atoms. The van der Waals surface area contributed by atoms with E-state index in [-0.39, 0.29) is 12.3 Å². The minimum absolute atomic E-state index is 0.0562. The summed E-state index contributed by atoms with van der Waals surface area (Å²) >= 11 is 0. The van der Waals surface area contributed by atoms with Crippen LogP contribution in [-0.4, -0.2) is 47.8 Å². The van der Waals surface area contributed by atoms with E-state index in [2.05, 4.69) is 5.32 Å². The van der Waals surface area contributed by atoms with E-state index in [1.807, 2.05) is 0 Å². The Morgan fingerprint density at radius 3 is 2.24 bits per heavy atom. The van der Waals surface area contributed by atoms with E-state index in [4.69, 9.17) is 14.9 Å². The molecule has 0 aliphatic carbocycles. The molecule has 7 nitrogen and oxygen atoms in total. The first-order valence-electron chi connectivity index (χ1n) is 5.09. The van der Waals surface area contributed by atoms with Gasteiger partial charge in [0.15, 0.2) is 0 Å². The molecule has 0 aliphatic heterocycles. The van der Waals surface area contributed by atoms with Gasteiger partial charge in [-0.05, 0) is 5.92 Å². The molecule has 0 saturated heterocycles. The second-order valence-corrected chi connectivity index (χ2v) is 3.82. The van der Waals surface area contributed by atoms with Crippen LogP contribution in [0.15, 0.2) is 0 Å². The molecule has 0 aromatic carbocycles. The highest BCUT2D eigenvalue weighted by Crippen LogP contribution is 2.03. The number of carboxylic acid groups (broad SMARTS) is 2. The fraction of sp³-hybridized carbons (Fsp3) is 0.700. The van der Waals surface area contributed by atoms with Crippen molar-refractivity contribution in [2.24, 2.45) is 5.92 Å². The first-order chi connectivity index (χ1) is 7.86. The lowest BCUT2D eigenvalue weighted by molar-refractivity contribution is -0.147. The molecule has 1 amide bonds. The predicted molar refractivity (Wildman–Crippen MR) is 57.5 cm³/mol. The van der Waals surface area contributed by atoms with E-state index in [0.717, 1.165) is 0 Å². The van der Waals surface area contributed by atoms with Gasteiger partial charge in [0.05, 0.1) is 6.42 Å². The molecular formula is C10H17NO6. The number of ether oxygens (including phenoxy) is 1. The average molecular weight is 247 g/mol. The van der Waals surface area contributed by atoms with Crippen LogP contribution in [-0.2, 0) is 19.1 Å². The summed E-state index contributed by atoms with van der Waals surface area (Å²) in [7, 11) is 1.50. The summed E-state index contributed by atoms with van der Waals surface area (Å²) in [5.74, 6) is -3.19. The number of rotatable bonds is 8. The number of carboxylic acids is 2. The Labute approximate surface area is 98.8 Å². The summed E-state index contributed by atoms with van der Waals surface area (Å²) in [5.41, 5.74) is 0. The summed E-state index contributed by atoms with van der Waals surface area (Å²) in [6, 6.07) is -1.39. The molecule has 0 radical (unpaired) electrons. The van der Waals surface area contributed by atoms with Crippen LogP contribution >= 0.6 is 0 Å². The second kappa shape index (κ2) is 7.61. The first-order valence-corrected chi connectivity index (χ1v) is 5.09. The monoisotopic (exact) mass is 247 g/mol. The van der Waals surface area contributed by atoms with Crippen molar-refractivity contribution >= 4 is 17.8 Å². The number of nitrogens with one attached hydrogen (secondary N) is 1. The minimum Gasteiger partial charge on any atom is -0.481 e. The molecule has 0 rings (SSSR count). The van der Waals surface area contributed by atoms with Crippen LogP contribution in [0.5, 0.6) is 0 Å². The fourth-order valence-corrected chi connectivity index (χ4v) is 1.29. The molecule has 7 heteroatoms. The SMILES string of the molecule is COCC(C)CC(=O)N[C@H](CC(=O)O)C(=O)O. The van der Waals surface area contributed by atoms with Gasteiger partial charge in [-0.1, -0.05) is 6.92 Å². The highest BCUT2D eigenvalue weighted by atomic mass is 16.5. The summed E-state index contributed by atoms with van der Waals surface area (Å²) in [4.78, 5) is 32.5. The highest BCUT2D eigenvalue weighted by Gasteiger charge is 2.23. The van der Waals surface area contributed by atoms with Gasteiger partial charge in [-0.25, -0.2) is 4.79 Å². The third kappa shape index (κ3) is 7.29. The van der Waals surface area contributed by atoms with Gasteiger partial charge in [-0.15, -0.1) is 0 Å². The first kappa shape index (κ1) is 15.4. The van der Waals surface area contributed by atoms with Crippen molar-refractivity contribution in [2.45, 2.75) is 25.8 Å². The lowest BCUT2D eigenvalue weighted by Crippen LogP contribution is -2.42.